The van der Waals surface area contributed by atoms with Crippen LogP contribution in [0.1, 0.15) is 55.1 Å². The first-order chi connectivity index (χ1) is 15.0. The molecule has 1 aliphatic heterocycles. The minimum absolute atomic E-state index is 0.0634. The van der Waals surface area contributed by atoms with E-state index in [2.05, 4.69) is 4.98 Å². The highest BCUT2D eigenvalue weighted by Gasteiger charge is 2.34. The molecule has 0 aliphatic carbocycles. The number of rotatable bonds is 8. The predicted molar refractivity (Wildman–Crippen MR) is 124 cm³/mol. The van der Waals surface area contributed by atoms with Gasteiger partial charge in [0, 0.05) is 30.6 Å². The standard InChI is InChI=1S/C25H33N3O4/c1-16-5-7-18(8-6-16)11-23(30)28-14-17(2)22(15-28)32-21-12-19(13-27-24(21)26)20(29)9-10-25(3,4)31/h5-8,12-13,17,22,31H,9-11,14-15H2,1-4H3,(H2,26,27)/t17-,22-/m0/s1. The highest BCUT2D eigenvalue weighted by Crippen LogP contribution is 2.28. The lowest BCUT2D eigenvalue weighted by Gasteiger charge is -2.19. The zero-order valence-corrected chi connectivity index (χ0v) is 19.3. The second-order valence-electron chi connectivity index (χ2n) is 9.44. The molecule has 0 saturated carbocycles. The molecule has 2 atom stereocenters. The summed E-state index contributed by atoms with van der Waals surface area (Å²) < 4.78 is 6.12. The fourth-order valence-electron chi connectivity index (χ4n) is 3.72. The van der Waals surface area contributed by atoms with Crippen LogP contribution in [0, 0.1) is 12.8 Å². The van der Waals surface area contributed by atoms with Crippen molar-refractivity contribution in [3.8, 4) is 5.75 Å². The van der Waals surface area contributed by atoms with Crippen molar-refractivity contribution in [1.82, 2.24) is 9.88 Å². The van der Waals surface area contributed by atoms with Crippen molar-refractivity contribution in [3.05, 3.63) is 53.2 Å². The van der Waals surface area contributed by atoms with Crippen molar-refractivity contribution in [2.45, 2.75) is 58.7 Å². The fourth-order valence-corrected chi connectivity index (χ4v) is 3.72. The third-order valence-corrected chi connectivity index (χ3v) is 5.82. The number of aromatic nitrogens is 1. The minimum Gasteiger partial charge on any atom is -0.484 e. The van der Waals surface area contributed by atoms with Gasteiger partial charge in [-0.15, -0.1) is 0 Å². The van der Waals surface area contributed by atoms with E-state index in [4.69, 9.17) is 10.5 Å². The Morgan fingerprint density at radius 2 is 1.94 bits per heavy atom. The number of pyridine rings is 1. The van der Waals surface area contributed by atoms with Crippen molar-refractivity contribution in [3.63, 3.8) is 0 Å². The Balaban J connectivity index is 1.63. The summed E-state index contributed by atoms with van der Waals surface area (Å²) in [6, 6.07) is 9.58. The van der Waals surface area contributed by atoms with Crippen LogP contribution < -0.4 is 10.5 Å². The van der Waals surface area contributed by atoms with E-state index in [1.54, 1.807) is 19.9 Å². The summed E-state index contributed by atoms with van der Waals surface area (Å²) in [5.74, 6) is 0.614. The van der Waals surface area contributed by atoms with Gasteiger partial charge in [0.25, 0.3) is 0 Å². The van der Waals surface area contributed by atoms with Gasteiger partial charge in [0.2, 0.25) is 5.91 Å². The van der Waals surface area contributed by atoms with Crippen molar-refractivity contribution < 1.29 is 19.4 Å². The molecule has 0 unspecified atom stereocenters. The Morgan fingerprint density at radius 3 is 2.59 bits per heavy atom. The Bertz CT molecular complexity index is 966. The number of Topliss-reactive ketones (excluding diaryl/α,β-unsaturated/α-hetero) is 1. The average Bonchev–Trinajstić information content (AvgIpc) is 3.09. The molecule has 0 spiro atoms. The van der Waals surface area contributed by atoms with Crippen LogP contribution in [0.5, 0.6) is 5.75 Å². The number of nitrogens with zero attached hydrogens (tertiary/aromatic N) is 2. The Hall–Kier alpha value is -2.93. The number of carbonyl (C=O) groups is 2. The molecule has 1 aromatic carbocycles. The quantitative estimate of drug-likeness (QED) is 0.612. The summed E-state index contributed by atoms with van der Waals surface area (Å²) in [6.07, 6.45) is 2.11. The maximum Gasteiger partial charge on any atom is 0.227 e. The molecular weight excluding hydrogens is 406 g/mol. The number of nitrogen functional groups attached to an aromatic ring is 1. The largest absolute Gasteiger partial charge is 0.484 e. The molecule has 7 heteroatoms. The average molecular weight is 440 g/mol. The van der Waals surface area contributed by atoms with Gasteiger partial charge in [-0.25, -0.2) is 4.98 Å². The van der Waals surface area contributed by atoms with Crippen LogP contribution in [0.2, 0.25) is 0 Å². The maximum absolute atomic E-state index is 12.8. The molecule has 1 fully saturated rings. The number of hydrogen-bond donors (Lipinski definition) is 2. The first kappa shape index (κ1) is 23.7. The summed E-state index contributed by atoms with van der Waals surface area (Å²) in [7, 11) is 0. The number of likely N-dealkylation sites (tertiary alicyclic amines) is 1. The molecule has 32 heavy (non-hydrogen) atoms. The van der Waals surface area contributed by atoms with Crippen LogP contribution in [0.15, 0.2) is 36.5 Å². The van der Waals surface area contributed by atoms with Gasteiger partial charge in [0.15, 0.2) is 17.4 Å². The van der Waals surface area contributed by atoms with Gasteiger partial charge < -0.3 is 20.5 Å². The summed E-state index contributed by atoms with van der Waals surface area (Å²) >= 11 is 0. The number of ketones is 1. The van der Waals surface area contributed by atoms with E-state index in [9.17, 15) is 14.7 Å². The van der Waals surface area contributed by atoms with E-state index in [0.717, 1.165) is 11.1 Å². The number of anilines is 1. The smallest absolute Gasteiger partial charge is 0.227 e. The predicted octanol–water partition coefficient (Wildman–Crippen LogP) is 3.17. The molecule has 1 aliphatic rings. The fraction of sp³-hybridized carbons (Fsp3) is 0.480. The minimum atomic E-state index is -0.913. The molecule has 0 bridgehead atoms. The molecular formula is C25H33N3O4. The summed E-state index contributed by atoms with van der Waals surface area (Å²) in [4.78, 5) is 31.2. The van der Waals surface area contributed by atoms with Crippen LogP contribution in [0.25, 0.3) is 0 Å². The number of benzene rings is 1. The molecule has 172 valence electrons. The molecule has 2 heterocycles. The third kappa shape index (κ3) is 6.29. The van der Waals surface area contributed by atoms with Crippen LogP contribution >= 0.6 is 0 Å². The van der Waals surface area contributed by atoms with E-state index in [1.807, 2.05) is 43.0 Å². The SMILES string of the molecule is Cc1ccc(CC(=O)N2C[C@H](Oc3cc(C(=O)CCC(C)(C)O)cnc3N)[C@@H](C)C2)cc1. The molecule has 0 radical (unpaired) electrons. The lowest BCUT2D eigenvalue weighted by molar-refractivity contribution is -0.129. The Morgan fingerprint density at radius 1 is 1.25 bits per heavy atom. The first-order valence-electron chi connectivity index (χ1n) is 11.0. The molecule has 3 N–H and O–H groups in total. The topological polar surface area (TPSA) is 106 Å². The van der Waals surface area contributed by atoms with Crippen LogP contribution in [0.3, 0.4) is 0 Å². The number of hydrogen-bond acceptors (Lipinski definition) is 6. The van der Waals surface area contributed by atoms with Gasteiger partial charge in [-0.3, -0.25) is 9.59 Å². The Labute approximate surface area is 189 Å². The molecule has 1 amide bonds. The van der Waals surface area contributed by atoms with E-state index >= 15 is 0 Å². The number of ether oxygens (including phenoxy) is 1. The monoisotopic (exact) mass is 439 g/mol. The molecule has 3 rings (SSSR count). The van der Waals surface area contributed by atoms with Gasteiger partial charge in [0.1, 0.15) is 6.10 Å². The van der Waals surface area contributed by atoms with Gasteiger partial charge in [-0.1, -0.05) is 36.8 Å². The van der Waals surface area contributed by atoms with E-state index < -0.39 is 5.60 Å². The van der Waals surface area contributed by atoms with Crippen molar-refractivity contribution in [1.29, 1.82) is 0 Å². The van der Waals surface area contributed by atoms with Gasteiger partial charge in [-0.2, -0.15) is 0 Å². The number of aryl methyl sites for hydroxylation is 1. The number of carbonyl (C=O) groups excluding carboxylic acids is 2. The molecule has 1 saturated heterocycles. The second kappa shape index (κ2) is 9.69. The van der Waals surface area contributed by atoms with Crippen LogP contribution in [-0.2, 0) is 11.2 Å². The van der Waals surface area contributed by atoms with E-state index in [0.29, 0.717) is 37.2 Å². The van der Waals surface area contributed by atoms with E-state index in [1.165, 1.54) is 6.20 Å². The maximum atomic E-state index is 12.8. The first-order valence-corrected chi connectivity index (χ1v) is 11.0. The number of amides is 1. The van der Waals surface area contributed by atoms with Crippen LogP contribution in [0.4, 0.5) is 5.82 Å². The van der Waals surface area contributed by atoms with Crippen molar-refractivity contribution >= 4 is 17.5 Å². The number of nitrogens with two attached hydrogens (primary N) is 1. The second-order valence-corrected chi connectivity index (χ2v) is 9.44. The zero-order chi connectivity index (χ0) is 23.5. The summed E-state index contributed by atoms with van der Waals surface area (Å²) in [6.45, 7) is 8.46. The molecule has 1 aromatic heterocycles. The number of aliphatic hydroxyl groups is 1. The van der Waals surface area contributed by atoms with Gasteiger partial charge in [0.05, 0.1) is 18.6 Å². The van der Waals surface area contributed by atoms with Crippen molar-refractivity contribution in [2.24, 2.45) is 5.92 Å². The molecule has 2 aromatic rings. The normalized spacial score (nSPS) is 18.6. The summed E-state index contributed by atoms with van der Waals surface area (Å²) in [5.41, 5.74) is 7.64. The highest BCUT2D eigenvalue weighted by molar-refractivity contribution is 5.96. The Kier molecular flexibility index (Phi) is 7.19. The van der Waals surface area contributed by atoms with Crippen molar-refractivity contribution in [2.75, 3.05) is 18.8 Å². The van der Waals surface area contributed by atoms with Gasteiger partial charge >= 0.3 is 0 Å². The molecule has 7 nitrogen and oxygen atoms in total. The summed E-state index contributed by atoms with van der Waals surface area (Å²) in [5, 5.41) is 9.86. The third-order valence-electron chi connectivity index (χ3n) is 5.82. The lowest BCUT2D eigenvalue weighted by atomic mass is 9.99. The van der Waals surface area contributed by atoms with E-state index in [-0.39, 0.29) is 36.0 Å². The lowest BCUT2D eigenvalue weighted by Crippen LogP contribution is -2.32. The zero-order valence-electron chi connectivity index (χ0n) is 19.3. The van der Waals surface area contributed by atoms with Crippen LogP contribution in [-0.4, -0.2) is 51.5 Å². The van der Waals surface area contributed by atoms with Gasteiger partial charge in [-0.05, 0) is 38.8 Å². The highest BCUT2D eigenvalue weighted by atomic mass is 16.5.